The summed E-state index contributed by atoms with van der Waals surface area (Å²) < 4.78 is 32.0. The van der Waals surface area contributed by atoms with Crippen molar-refractivity contribution in [1.82, 2.24) is 15.3 Å². The van der Waals surface area contributed by atoms with Gasteiger partial charge in [0.15, 0.2) is 0 Å². The van der Waals surface area contributed by atoms with E-state index in [9.17, 15) is 18.7 Å². The Morgan fingerprint density at radius 3 is 2.57 bits per heavy atom. The van der Waals surface area contributed by atoms with Gasteiger partial charge in [0.25, 0.3) is 0 Å². The lowest BCUT2D eigenvalue weighted by Crippen LogP contribution is -2.30. The molecule has 5 N–H and O–H groups in total. The van der Waals surface area contributed by atoms with Crippen LogP contribution < -0.4 is 16.4 Å². The number of ether oxygens (including phenoxy) is 1. The van der Waals surface area contributed by atoms with E-state index >= 15 is 0 Å². The number of rotatable bonds is 13. The Morgan fingerprint density at radius 2 is 1.97 bits per heavy atom. The van der Waals surface area contributed by atoms with Gasteiger partial charge in [0.2, 0.25) is 11.9 Å². The summed E-state index contributed by atoms with van der Waals surface area (Å²) in [6.07, 6.45) is 2.77. The summed E-state index contributed by atoms with van der Waals surface area (Å²) in [5.74, 6) is -2.51. The molecule has 0 fully saturated rings. The fraction of sp³-hybridized carbons (Fsp3) is 0.458. The zero-order valence-corrected chi connectivity index (χ0v) is 21.2. The van der Waals surface area contributed by atoms with Crippen LogP contribution in [-0.2, 0) is 16.0 Å². The Bertz CT molecular complexity index is 1010. The normalized spacial score (nSPS) is 14.6. The van der Waals surface area contributed by atoms with Crippen LogP contribution >= 0.6 is 11.8 Å². The molecule has 11 heteroatoms. The highest BCUT2D eigenvalue weighted by Crippen LogP contribution is 2.36. The molecular weight excluding hydrogens is 476 g/mol. The van der Waals surface area contributed by atoms with Crippen molar-refractivity contribution >= 4 is 23.4 Å². The van der Waals surface area contributed by atoms with E-state index in [1.807, 2.05) is 12.1 Å². The highest BCUT2D eigenvalue weighted by atomic mass is 32.2. The van der Waals surface area contributed by atoms with Crippen molar-refractivity contribution < 1.29 is 23.4 Å². The van der Waals surface area contributed by atoms with E-state index in [2.05, 4.69) is 27.5 Å². The minimum absolute atomic E-state index is 0.123. The molecule has 2 aromatic rings. The summed E-state index contributed by atoms with van der Waals surface area (Å²) in [6, 6.07) is 6.32. The minimum atomic E-state index is -0.940. The molecule has 2 heterocycles. The van der Waals surface area contributed by atoms with Gasteiger partial charge >= 0.3 is 5.97 Å². The summed E-state index contributed by atoms with van der Waals surface area (Å²) in [5, 5.41) is 15.2. The first-order chi connectivity index (χ1) is 16.6. The van der Waals surface area contributed by atoms with Gasteiger partial charge < -0.3 is 26.2 Å². The van der Waals surface area contributed by atoms with Crippen LogP contribution in [0.15, 0.2) is 41.1 Å². The fourth-order valence-electron chi connectivity index (χ4n) is 3.17. The third-order valence-corrected chi connectivity index (χ3v) is 6.39. The highest BCUT2D eigenvalue weighted by Gasteiger charge is 2.22. The Morgan fingerprint density at radius 1 is 1.23 bits per heavy atom. The van der Waals surface area contributed by atoms with Crippen LogP contribution in [0.2, 0.25) is 0 Å². The number of halogens is 2. The number of hydrogen-bond acceptors (Lipinski definition) is 9. The number of aromatic nitrogens is 2. The van der Waals surface area contributed by atoms with Crippen molar-refractivity contribution in [2.75, 3.05) is 25.5 Å². The SMILES string of the molecule is COC(=O)/C(SC(C)c1ccc(F)nc1F)=C(/N)CNc1ccc(CC(C)NCCC(C)O)nc1. The Kier molecular flexibility index (Phi) is 11.4. The van der Waals surface area contributed by atoms with Crippen molar-refractivity contribution in [3.63, 3.8) is 0 Å². The van der Waals surface area contributed by atoms with Crippen LogP contribution in [-0.4, -0.2) is 53.4 Å². The largest absolute Gasteiger partial charge is 0.465 e. The standard InChI is InChI=1S/C24H33F2N5O3S/c1-14(28-10-9-15(2)32)11-17-5-6-18(12-29-17)30-13-20(27)22(24(33)34-4)35-16(3)19-7-8-21(25)31-23(19)26/h5-8,12,14-16,28,30,32H,9-11,13,27H2,1-4H3/b22-20-. The first-order valence-corrected chi connectivity index (χ1v) is 12.1. The van der Waals surface area contributed by atoms with E-state index in [0.717, 1.165) is 36.5 Å². The van der Waals surface area contributed by atoms with E-state index in [1.165, 1.54) is 13.2 Å². The molecule has 2 aromatic heterocycles. The monoisotopic (exact) mass is 509 g/mol. The molecule has 0 aromatic carbocycles. The van der Waals surface area contributed by atoms with Crippen LogP contribution in [0, 0.1) is 11.9 Å². The number of thioether (sulfide) groups is 1. The highest BCUT2D eigenvalue weighted by molar-refractivity contribution is 8.04. The third kappa shape index (κ3) is 9.42. The lowest BCUT2D eigenvalue weighted by atomic mass is 10.1. The maximum absolute atomic E-state index is 14.0. The lowest BCUT2D eigenvalue weighted by Gasteiger charge is -2.16. The molecule has 0 amide bonds. The predicted molar refractivity (Wildman–Crippen MR) is 134 cm³/mol. The number of carbonyl (C=O) groups excluding carboxylic acids is 1. The number of aliphatic hydroxyl groups is 1. The molecule has 0 saturated heterocycles. The van der Waals surface area contributed by atoms with Gasteiger partial charge in [-0.2, -0.15) is 13.8 Å². The number of anilines is 1. The van der Waals surface area contributed by atoms with E-state index in [0.29, 0.717) is 12.1 Å². The van der Waals surface area contributed by atoms with Crippen LogP contribution in [0.1, 0.15) is 43.7 Å². The molecule has 2 rings (SSSR count). The third-order valence-electron chi connectivity index (χ3n) is 5.12. The van der Waals surface area contributed by atoms with Gasteiger partial charge in [-0.05, 0) is 58.0 Å². The molecule has 0 aliphatic heterocycles. The maximum atomic E-state index is 14.0. The molecular formula is C24H33F2N5O3S. The smallest absolute Gasteiger partial charge is 0.346 e. The van der Waals surface area contributed by atoms with Crippen molar-refractivity contribution in [1.29, 1.82) is 0 Å². The number of nitrogens with two attached hydrogens (primary N) is 1. The molecule has 3 atom stereocenters. The van der Waals surface area contributed by atoms with E-state index < -0.39 is 23.1 Å². The van der Waals surface area contributed by atoms with Gasteiger partial charge in [-0.25, -0.2) is 4.79 Å². The van der Waals surface area contributed by atoms with Gasteiger partial charge in [-0.3, -0.25) is 4.98 Å². The van der Waals surface area contributed by atoms with Crippen molar-refractivity contribution in [2.24, 2.45) is 5.73 Å². The second kappa shape index (κ2) is 14.0. The zero-order chi connectivity index (χ0) is 26.0. The van der Waals surface area contributed by atoms with E-state index in [1.54, 1.807) is 20.0 Å². The summed E-state index contributed by atoms with van der Waals surface area (Å²) in [5.41, 5.74) is 8.15. The van der Waals surface area contributed by atoms with Crippen molar-refractivity contribution in [3.05, 3.63) is 64.2 Å². The predicted octanol–water partition coefficient (Wildman–Crippen LogP) is 3.30. The Labute approximate surface area is 208 Å². The molecule has 0 saturated carbocycles. The molecule has 0 aliphatic rings. The molecule has 3 unspecified atom stereocenters. The summed E-state index contributed by atoms with van der Waals surface area (Å²) in [4.78, 5) is 20.1. The lowest BCUT2D eigenvalue weighted by molar-refractivity contribution is -0.135. The minimum Gasteiger partial charge on any atom is -0.465 e. The van der Waals surface area contributed by atoms with Crippen LogP contribution in [0.25, 0.3) is 0 Å². The molecule has 35 heavy (non-hydrogen) atoms. The number of pyridine rings is 2. The number of carbonyl (C=O) groups is 1. The first kappa shape index (κ1) is 28.5. The van der Waals surface area contributed by atoms with Crippen molar-refractivity contribution in [3.8, 4) is 0 Å². The quantitative estimate of drug-likeness (QED) is 0.183. The molecule has 0 bridgehead atoms. The van der Waals surface area contributed by atoms with Gasteiger partial charge in [0, 0.05) is 34.7 Å². The molecule has 0 spiro atoms. The number of esters is 1. The average Bonchev–Trinajstić information content (AvgIpc) is 2.81. The van der Waals surface area contributed by atoms with Crippen LogP contribution in [0.5, 0.6) is 0 Å². The molecule has 192 valence electrons. The number of nitrogens with zero attached hydrogens (tertiary/aromatic N) is 2. The second-order valence-electron chi connectivity index (χ2n) is 8.21. The Hall–Kier alpha value is -2.76. The van der Waals surface area contributed by atoms with Gasteiger partial charge in [-0.1, -0.05) is 0 Å². The summed E-state index contributed by atoms with van der Waals surface area (Å²) in [7, 11) is 1.23. The van der Waals surface area contributed by atoms with Gasteiger partial charge in [0.1, 0.15) is 4.91 Å². The zero-order valence-electron chi connectivity index (χ0n) is 20.3. The number of aliphatic hydroxyl groups excluding tert-OH is 1. The van der Waals surface area contributed by atoms with Crippen molar-refractivity contribution in [2.45, 2.75) is 51.0 Å². The van der Waals surface area contributed by atoms with Crippen LogP contribution in [0.3, 0.4) is 0 Å². The van der Waals surface area contributed by atoms with E-state index in [4.69, 9.17) is 10.5 Å². The number of methoxy groups -OCH3 is 1. The molecule has 0 aliphatic carbocycles. The summed E-state index contributed by atoms with van der Waals surface area (Å²) >= 11 is 1.01. The van der Waals surface area contributed by atoms with Gasteiger partial charge in [-0.15, -0.1) is 11.8 Å². The average molecular weight is 510 g/mol. The Balaban J connectivity index is 2.00. The number of hydrogen-bond donors (Lipinski definition) is 4. The fourth-order valence-corrected chi connectivity index (χ4v) is 4.23. The van der Waals surface area contributed by atoms with Crippen LogP contribution in [0.4, 0.5) is 14.5 Å². The second-order valence-corrected chi connectivity index (χ2v) is 9.56. The topological polar surface area (TPSA) is 122 Å². The first-order valence-electron chi connectivity index (χ1n) is 11.3. The molecule has 0 radical (unpaired) electrons. The molecule has 8 nitrogen and oxygen atoms in total. The summed E-state index contributed by atoms with van der Waals surface area (Å²) in [6.45, 7) is 6.34. The number of nitrogens with one attached hydrogen (secondary N) is 2. The van der Waals surface area contributed by atoms with E-state index in [-0.39, 0.29) is 34.9 Å². The maximum Gasteiger partial charge on any atom is 0.346 e. The van der Waals surface area contributed by atoms with Gasteiger partial charge in [0.05, 0.1) is 31.6 Å².